The predicted molar refractivity (Wildman–Crippen MR) is 85.5 cm³/mol. The maximum absolute atomic E-state index is 12.1. The number of urea groups is 1. The Hall–Kier alpha value is -2.28. The van der Waals surface area contributed by atoms with Gasteiger partial charge in [0.05, 0.1) is 19.7 Å². The van der Waals surface area contributed by atoms with Crippen LogP contribution in [0.15, 0.2) is 24.5 Å². The topological polar surface area (TPSA) is 81.1 Å². The molecule has 7 nitrogen and oxygen atoms in total. The molecule has 0 spiro atoms. The number of carbonyl (C=O) groups excluding carboxylic acids is 1. The summed E-state index contributed by atoms with van der Waals surface area (Å²) >= 11 is 5.93. The highest BCUT2D eigenvalue weighted by Crippen LogP contribution is 2.22. The van der Waals surface area contributed by atoms with Crippen LogP contribution in [-0.4, -0.2) is 33.9 Å². The van der Waals surface area contributed by atoms with Crippen LogP contribution in [-0.2, 0) is 19.5 Å². The fraction of sp³-hybridized carbons (Fsp3) is 0.400. The summed E-state index contributed by atoms with van der Waals surface area (Å²) < 4.78 is 7.09. The number of methoxy groups -OCH3 is 1. The molecule has 2 aromatic rings. The lowest BCUT2D eigenvalue weighted by atomic mass is 10.1. The number of carbonyl (C=O) groups is 1. The number of amides is 2. The van der Waals surface area contributed by atoms with Gasteiger partial charge in [0.25, 0.3) is 0 Å². The fourth-order valence-corrected chi connectivity index (χ4v) is 2.79. The highest BCUT2D eigenvalue weighted by atomic mass is 35.5. The van der Waals surface area contributed by atoms with E-state index in [0.29, 0.717) is 23.9 Å². The largest absolute Gasteiger partial charge is 0.496 e. The number of ether oxygens (including phenoxy) is 1. The first-order valence-electron chi connectivity index (χ1n) is 7.39. The molecule has 1 aromatic carbocycles. The molecular weight excluding hydrogens is 318 g/mol. The molecule has 1 aliphatic heterocycles. The lowest BCUT2D eigenvalue weighted by Crippen LogP contribution is -2.45. The molecule has 0 fully saturated rings. The minimum atomic E-state index is -0.212. The molecule has 3 rings (SSSR count). The van der Waals surface area contributed by atoms with E-state index in [1.807, 2.05) is 10.7 Å². The predicted octanol–water partition coefficient (Wildman–Crippen LogP) is 1.75. The summed E-state index contributed by atoms with van der Waals surface area (Å²) in [6.45, 7) is 1.01. The van der Waals surface area contributed by atoms with E-state index in [1.165, 1.54) is 0 Å². The van der Waals surface area contributed by atoms with E-state index in [4.69, 9.17) is 16.3 Å². The molecule has 0 bridgehead atoms. The molecule has 2 amide bonds. The molecule has 1 atom stereocenters. The molecule has 8 heteroatoms. The molecule has 0 saturated heterocycles. The Bertz CT molecular complexity index is 703. The minimum absolute atomic E-state index is 0.0521. The maximum atomic E-state index is 12.1. The zero-order valence-electron chi connectivity index (χ0n) is 12.8. The molecular formula is C15H18ClN5O2. The summed E-state index contributed by atoms with van der Waals surface area (Å²) in [6.07, 6.45) is 3.22. The first-order valence-corrected chi connectivity index (χ1v) is 7.77. The maximum Gasteiger partial charge on any atom is 0.315 e. The van der Waals surface area contributed by atoms with Gasteiger partial charge in [0, 0.05) is 23.6 Å². The third-order valence-electron chi connectivity index (χ3n) is 3.83. The Morgan fingerprint density at radius 2 is 2.39 bits per heavy atom. The zero-order chi connectivity index (χ0) is 16.2. The van der Waals surface area contributed by atoms with Crippen LogP contribution in [0, 0.1) is 0 Å². The van der Waals surface area contributed by atoms with Gasteiger partial charge in [0.1, 0.15) is 17.9 Å². The van der Waals surface area contributed by atoms with Crippen LogP contribution in [0.3, 0.4) is 0 Å². The van der Waals surface area contributed by atoms with E-state index in [1.54, 1.807) is 25.6 Å². The van der Waals surface area contributed by atoms with E-state index < -0.39 is 0 Å². The van der Waals surface area contributed by atoms with E-state index in [9.17, 15) is 4.79 Å². The van der Waals surface area contributed by atoms with Crippen LogP contribution in [0.5, 0.6) is 5.75 Å². The number of hydrogen-bond acceptors (Lipinski definition) is 4. The summed E-state index contributed by atoms with van der Waals surface area (Å²) in [4.78, 5) is 16.2. The monoisotopic (exact) mass is 335 g/mol. The van der Waals surface area contributed by atoms with Crippen molar-refractivity contribution in [3.63, 3.8) is 0 Å². The Morgan fingerprint density at radius 1 is 1.52 bits per heavy atom. The normalized spacial score (nSPS) is 16.5. The third kappa shape index (κ3) is 3.73. The number of rotatable bonds is 4. The quantitative estimate of drug-likeness (QED) is 0.892. The van der Waals surface area contributed by atoms with Gasteiger partial charge in [-0.15, -0.1) is 0 Å². The summed E-state index contributed by atoms with van der Waals surface area (Å²) in [5, 5.41) is 10.5. The number of aryl methyl sites for hydroxylation is 1. The molecule has 122 valence electrons. The number of hydrogen-bond donors (Lipinski definition) is 2. The van der Waals surface area contributed by atoms with Gasteiger partial charge in [-0.25, -0.2) is 14.5 Å². The fourth-order valence-electron chi connectivity index (χ4n) is 2.63. The van der Waals surface area contributed by atoms with E-state index in [-0.39, 0.29) is 12.1 Å². The van der Waals surface area contributed by atoms with Gasteiger partial charge in [0.15, 0.2) is 0 Å². The van der Waals surface area contributed by atoms with Gasteiger partial charge >= 0.3 is 6.03 Å². The van der Waals surface area contributed by atoms with Crippen LogP contribution >= 0.6 is 11.6 Å². The lowest BCUT2D eigenvalue weighted by molar-refractivity contribution is 0.231. The number of fused-ring (bicyclic) bond motifs is 1. The van der Waals surface area contributed by atoms with Gasteiger partial charge in [-0.2, -0.15) is 5.10 Å². The second-order valence-electron chi connectivity index (χ2n) is 5.38. The molecule has 0 aliphatic carbocycles. The van der Waals surface area contributed by atoms with Gasteiger partial charge in [-0.3, -0.25) is 0 Å². The average Bonchev–Trinajstić information content (AvgIpc) is 3.01. The van der Waals surface area contributed by atoms with E-state index in [0.717, 1.165) is 24.2 Å². The Balaban J connectivity index is 1.52. The zero-order valence-corrected chi connectivity index (χ0v) is 13.5. The van der Waals surface area contributed by atoms with Crippen LogP contribution in [0.4, 0.5) is 4.79 Å². The number of halogens is 1. The number of benzene rings is 1. The van der Waals surface area contributed by atoms with Crippen molar-refractivity contribution in [3.05, 3.63) is 40.9 Å². The summed E-state index contributed by atoms with van der Waals surface area (Å²) in [7, 11) is 1.58. The van der Waals surface area contributed by atoms with Crippen molar-refractivity contribution in [3.8, 4) is 5.75 Å². The van der Waals surface area contributed by atoms with Crippen LogP contribution < -0.4 is 15.4 Å². The first kappa shape index (κ1) is 15.6. The Labute approximate surface area is 139 Å². The number of nitrogens with one attached hydrogen (secondary N) is 2. The van der Waals surface area contributed by atoms with Crippen LogP contribution in [0.25, 0.3) is 0 Å². The Morgan fingerprint density at radius 3 is 3.22 bits per heavy atom. The lowest BCUT2D eigenvalue weighted by Gasteiger charge is -2.23. The van der Waals surface area contributed by atoms with Crippen molar-refractivity contribution >= 4 is 17.6 Å². The molecule has 1 aliphatic rings. The van der Waals surface area contributed by atoms with Crippen molar-refractivity contribution in [2.24, 2.45) is 0 Å². The molecule has 2 N–H and O–H groups in total. The molecule has 0 unspecified atom stereocenters. The van der Waals surface area contributed by atoms with Gasteiger partial charge < -0.3 is 15.4 Å². The second-order valence-corrected chi connectivity index (χ2v) is 5.81. The molecule has 23 heavy (non-hydrogen) atoms. The van der Waals surface area contributed by atoms with E-state index >= 15 is 0 Å². The Kier molecular flexibility index (Phi) is 4.66. The van der Waals surface area contributed by atoms with Crippen LogP contribution in [0.1, 0.15) is 17.8 Å². The summed E-state index contributed by atoms with van der Waals surface area (Å²) in [5.41, 5.74) is 0.870. The smallest absolute Gasteiger partial charge is 0.315 e. The third-order valence-corrected chi connectivity index (χ3v) is 4.06. The van der Waals surface area contributed by atoms with Gasteiger partial charge in [0.2, 0.25) is 0 Å². The SMILES string of the molecule is COc1cc(Cl)ccc1CNC(=O)N[C@H]1CCc2ncnn2C1. The average molecular weight is 336 g/mol. The molecule has 1 aromatic heterocycles. The minimum Gasteiger partial charge on any atom is -0.496 e. The summed E-state index contributed by atoms with van der Waals surface area (Å²) in [5.74, 6) is 1.62. The summed E-state index contributed by atoms with van der Waals surface area (Å²) in [6, 6.07) is 5.17. The van der Waals surface area contributed by atoms with Crippen molar-refractivity contribution in [1.82, 2.24) is 25.4 Å². The number of aromatic nitrogens is 3. The van der Waals surface area contributed by atoms with Gasteiger partial charge in [-0.05, 0) is 18.6 Å². The second kappa shape index (κ2) is 6.87. The van der Waals surface area contributed by atoms with Crippen molar-refractivity contribution < 1.29 is 9.53 Å². The molecule has 2 heterocycles. The molecule has 0 saturated carbocycles. The van der Waals surface area contributed by atoms with Gasteiger partial charge in [-0.1, -0.05) is 17.7 Å². The van der Waals surface area contributed by atoms with Crippen molar-refractivity contribution in [1.29, 1.82) is 0 Å². The van der Waals surface area contributed by atoms with Crippen molar-refractivity contribution in [2.45, 2.75) is 32.0 Å². The highest BCUT2D eigenvalue weighted by molar-refractivity contribution is 6.30. The highest BCUT2D eigenvalue weighted by Gasteiger charge is 2.21. The number of nitrogens with zero attached hydrogens (tertiary/aromatic N) is 3. The first-order chi connectivity index (χ1) is 11.2. The van der Waals surface area contributed by atoms with Crippen molar-refractivity contribution in [2.75, 3.05) is 7.11 Å². The standard InChI is InChI=1S/C15H18ClN5O2/c1-23-13-6-11(16)3-2-10(13)7-17-15(22)20-12-4-5-14-18-9-19-21(14)8-12/h2-3,6,9,12H,4-5,7-8H2,1H3,(H2,17,20,22)/t12-/m0/s1. The van der Waals surface area contributed by atoms with E-state index in [2.05, 4.69) is 20.7 Å². The van der Waals surface area contributed by atoms with Crippen LogP contribution in [0.2, 0.25) is 5.02 Å². The molecule has 0 radical (unpaired) electrons.